The molecule has 6 rings (SSSR count). The highest BCUT2D eigenvalue weighted by Crippen LogP contribution is 2.14. The van der Waals surface area contributed by atoms with Gasteiger partial charge in [-0.2, -0.15) is 0 Å². The summed E-state index contributed by atoms with van der Waals surface area (Å²) in [5, 5.41) is 8.98. The topological polar surface area (TPSA) is 64.1 Å². The summed E-state index contributed by atoms with van der Waals surface area (Å²) in [6.45, 7) is 52.2. The summed E-state index contributed by atoms with van der Waals surface area (Å²) in [7, 11) is 0. The van der Waals surface area contributed by atoms with Gasteiger partial charge in [0, 0.05) is 44.8 Å². The van der Waals surface area contributed by atoms with E-state index in [0.717, 1.165) is 69.8 Å². The molecule has 69 heavy (non-hydrogen) atoms. The summed E-state index contributed by atoms with van der Waals surface area (Å²) in [5.74, 6) is 2.35. The van der Waals surface area contributed by atoms with E-state index in [4.69, 9.17) is 19.3 Å². The fourth-order valence-corrected chi connectivity index (χ4v) is 8.33. The third-order valence-corrected chi connectivity index (χ3v) is 12.4. The van der Waals surface area contributed by atoms with Crippen LogP contribution in [0, 0.1) is 11.8 Å². The second-order valence-corrected chi connectivity index (χ2v) is 21.6. The molecule has 0 aromatic heterocycles. The molecule has 5 fully saturated rings. The standard InChI is InChI=1S/C9H19NO2.C9H19N.C9H12.2C8H17N.C7H15N.C7H16O2.3CH4/c1-9(2)12-8-5-10-3-6-11-7-4-10;1-9(2)8-10-6-4-3-5-7-10;1-8(2)9-6-4-3-5-7-9;1-8(2)7-9-5-3-4-6-9;1-8(2)9-6-4-3-5-7-9;1-7(2)8-5-3-4-6-8;1-4-7(8)5-9-6(2)3;;;/h9H,3-8H2,1-2H3;9H,3-8H2,1-2H3;3-8H,1-2H3;2*8H,3-7H2,1-2H3;7H,3-6H2,1-2H3;6-8H,4-5H2,1-3H3;3*1H4. The van der Waals surface area contributed by atoms with E-state index in [1.54, 1.807) is 0 Å². The van der Waals surface area contributed by atoms with E-state index in [1.165, 1.54) is 135 Å². The first-order valence-corrected chi connectivity index (χ1v) is 27.6. The van der Waals surface area contributed by atoms with Crippen LogP contribution in [0.1, 0.15) is 208 Å². The monoisotopic (exact) mass is 982 g/mol. The van der Waals surface area contributed by atoms with Crippen molar-refractivity contribution in [2.45, 2.75) is 233 Å². The average Bonchev–Trinajstić information content (AvgIpc) is 4.04. The van der Waals surface area contributed by atoms with E-state index < -0.39 is 0 Å². The van der Waals surface area contributed by atoms with Gasteiger partial charge in [-0.1, -0.05) is 114 Å². The van der Waals surface area contributed by atoms with Gasteiger partial charge in [0.2, 0.25) is 0 Å². The van der Waals surface area contributed by atoms with Crippen LogP contribution >= 0.6 is 0 Å². The average molecular weight is 983 g/mol. The predicted octanol–water partition coefficient (Wildman–Crippen LogP) is 13.9. The van der Waals surface area contributed by atoms with Crippen molar-refractivity contribution in [3.05, 3.63) is 35.9 Å². The van der Waals surface area contributed by atoms with Crippen molar-refractivity contribution >= 4 is 0 Å². The molecule has 0 aliphatic carbocycles. The normalized spacial score (nSPS) is 18.4. The number of benzene rings is 1. The summed E-state index contributed by atoms with van der Waals surface area (Å²) < 4.78 is 15.9. The number of hydrogen-bond acceptors (Lipinski definition) is 9. The fraction of sp³-hybridized carbons (Fsp3) is 0.900. The molecule has 1 unspecified atom stereocenters. The zero-order chi connectivity index (χ0) is 49.5. The van der Waals surface area contributed by atoms with Gasteiger partial charge in [0.25, 0.3) is 0 Å². The second-order valence-electron chi connectivity index (χ2n) is 21.6. The van der Waals surface area contributed by atoms with E-state index in [1.807, 2.05) is 26.8 Å². The first-order chi connectivity index (χ1) is 31.4. The Labute approximate surface area is 434 Å². The summed E-state index contributed by atoms with van der Waals surface area (Å²) in [4.78, 5) is 12.6. The van der Waals surface area contributed by atoms with Gasteiger partial charge < -0.3 is 38.9 Å². The molecule has 9 nitrogen and oxygen atoms in total. The molecular formula is C60H127N5O4. The van der Waals surface area contributed by atoms with Crippen LogP contribution in [0.4, 0.5) is 0 Å². The number of ether oxygens (including phenoxy) is 3. The molecule has 1 N–H and O–H groups in total. The summed E-state index contributed by atoms with van der Waals surface area (Å²) in [5.41, 5.74) is 1.41. The Balaban J connectivity index is -0.000000356. The maximum Gasteiger partial charge on any atom is 0.0771 e. The third kappa shape index (κ3) is 46.4. The van der Waals surface area contributed by atoms with Crippen LogP contribution in [0.3, 0.4) is 0 Å². The van der Waals surface area contributed by atoms with E-state index in [2.05, 4.69) is 132 Å². The van der Waals surface area contributed by atoms with E-state index in [-0.39, 0.29) is 34.5 Å². The third-order valence-electron chi connectivity index (χ3n) is 12.4. The van der Waals surface area contributed by atoms with Gasteiger partial charge in [-0.15, -0.1) is 0 Å². The Kier molecular flexibility index (Phi) is 52.9. The molecule has 5 saturated heterocycles. The highest BCUT2D eigenvalue weighted by Gasteiger charge is 2.15. The zero-order valence-corrected chi connectivity index (χ0v) is 46.7. The molecular weight excluding hydrogens is 855 g/mol. The molecule has 1 atom stereocenters. The van der Waals surface area contributed by atoms with Gasteiger partial charge in [-0.3, -0.25) is 4.90 Å². The Morgan fingerprint density at radius 3 is 1.19 bits per heavy atom. The molecule has 0 spiro atoms. The molecule has 0 saturated carbocycles. The molecule has 5 aliphatic rings. The predicted molar refractivity (Wildman–Crippen MR) is 309 cm³/mol. The highest BCUT2D eigenvalue weighted by atomic mass is 16.5. The maximum atomic E-state index is 8.98. The van der Waals surface area contributed by atoms with Crippen molar-refractivity contribution in [2.75, 3.05) is 112 Å². The van der Waals surface area contributed by atoms with Crippen molar-refractivity contribution in [3.8, 4) is 0 Å². The number of nitrogens with zero attached hydrogens (tertiary/aromatic N) is 5. The Morgan fingerprint density at radius 2 is 0.870 bits per heavy atom. The minimum atomic E-state index is -0.285. The zero-order valence-electron chi connectivity index (χ0n) is 46.7. The molecule has 1 aromatic carbocycles. The number of aliphatic hydroxyl groups is 1. The van der Waals surface area contributed by atoms with Gasteiger partial charge in [0.15, 0.2) is 0 Å². The van der Waals surface area contributed by atoms with Crippen LogP contribution in [-0.4, -0.2) is 172 Å². The van der Waals surface area contributed by atoms with Gasteiger partial charge in [0.05, 0.1) is 44.7 Å². The highest BCUT2D eigenvalue weighted by molar-refractivity contribution is 5.17. The summed E-state index contributed by atoms with van der Waals surface area (Å²) in [6.07, 6.45) is 15.3. The van der Waals surface area contributed by atoms with Gasteiger partial charge in [-0.25, -0.2) is 0 Å². The van der Waals surface area contributed by atoms with E-state index >= 15 is 0 Å². The molecule has 0 bridgehead atoms. The number of likely N-dealkylation sites (tertiary alicyclic amines) is 4. The minimum Gasteiger partial charge on any atom is -0.391 e. The van der Waals surface area contributed by atoms with Crippen LogP contribution in [0.5, 0.6) is 0 Å². The van der Waals surface area contributed by atoms with Crippen LogP contribution in [-0.2, 0) is 14.2 Å². The lowest BCUT2D eigenvalue weighted by Gasteiger charge is -2.29. The lowest BCUT2D eigenvalue weighted by Crippen LogP contribution is -2.38. The summed E-state index contributed by atoms with van der Waals surface area (Å²) >= 11 is 0. The van der Waals surface area contributed by atoms with Gasteiger partial charge >= 0.3 is 0 Å². The largest absolute Gasteiger partial charge is 0.391 e. The Bertz CT molecular complexity index is 1120. The van der Waals surface area contributed by atoms with Crippen LogP contribution in [0.2, 0.25) is 0 Å². The number of morpholine rings is 1. The van der Waals surface area contributed by atoms with Crippen molar-refractivity contribution in [1.82, 2.24) is 24.5 Å². The van der Waals surface area contributed by atoms with Crippen LogP contribution in [0.15, 0.2) is 30.3 Å². The number of aliphatic hydroxyl groups excluding tert-OH is 1. The molecule has 0 amide bonds. The molecule has 0 radical (unpaired) electrons. The second kappa shape index (κ2) is 49.1. The van der Waals surface area contributed by atoms with E-state index in [0.29, 0.717) is 18.6 Å². The fourth-order valence-electron chi connectivity index (χ4n) is 8.33. The number of hydrogen-bond donors (Lipinski definition) is 1. The minimum absolute atomic E-state index is 0. The molecule has 416 valence electrons. The SMILES string of the molecule is C.C.C.CC(C)CN1CCCC1.CC(C)CN1CCCCC1.CC(C)N1CCCC1.CC(C)N1CCCCC1.CC(C)OCCN1CCOCC1.CC(C)c1ccccc1.CCC(O)COC(C)C. The lowest BCUT2D eigenvalue weighted by atomic mass is 10.0. The number of rotatable bonds is 15. The van der Waals surface area contributed by atoms with Gasteiger partial charge in [-0.05, 0) is 189 Å². The van der Waals surface area contributed by atoms with Crippen molar-refractivity contribution < 1.29 is 19.3 Å². The van der Waals surface area contributed by atoms with E-state index in [9.17, 15) is 0 Å². The molecule has 9 heteroatoms. The van der Waals surface area contributed by atoms with Crippen LogP contribution in [0.25, 0.3) is 0 Å². The quantitative estimate of drug-likeness (QED) is 0.185. The summed E-state index contributed by atoms with van der Waals surface area (Å²) in [6, 6.07) is 12.1. The molecule has 5 heterocycles. The van der Waals surface area contributed by atoms with Crippen molar-refractivity contribution in [1.29, 1.82) is 0 Å². The van der Waals surface area contributed by atoms with Gasteiger partial charge in [0.1, 0.15) is 0 Å². The first-order valence-electron chi connectivity index (χ1n) is 27.6. The first kappa shape index (κ1) is 74.4. The maximum absolute atomic E-state index is 8.98. The smallest absolute Gasteiger partial charge is 0.0771 e. The Hall–Kier alpha value is -1.14. The molecule has 1 aromatic rings. The Morgan fingerprint density at radius 1 is 0.493 bits per heavy atom. The molecule has 5 aliphatic heterocycles. The number of piperidine rings is 2. The lowest BCUT2D eigenvalue weighted by molar-refractivity contribution is 0.00464. The van der Waals surface area contributed by atoms with Crippen molar-refractivity contribution in [2.24, 2.45) is 11.8 Å². The van der Waals surface area contributed by atoms with Crippen molar-refractivity contribution in [3.63, 3.8) is 0 Å². The van der Waals surface area contributed by atoms with Crippen LogP contribution < -0.4 is 0 Å².